The second-order valence-electron chi connectivity index (χ2n) is 6.41. The molecule has 9 heteroatoms. The smallest absolute Gasteiger partial charge is 0.417 e. The molecule has 0 saturated heterocycles. The molecule has 0 aliphatic carbocycles. The summed E-state index contributed by atoms with van der Waals surface area (Å²) in [6.45, 7) is 0. The number of hydrogen-bond donors (Lipinski definition) is 2. The summed E-state index contributed by atoms with van der Waals surface area (Å²) in [7, 11) is 0. The van der Waals surface area contributed by atoms with Gasteiger partial charge in [0.25, 0.3) is 0 Å². The molecule has 3 N–H and O–H groups in total. The first-order chi connectivity index (χ1) is 14.2. The summed E-state index contributed by atoms with van der Waals surface area (Å²) >= 11 is 5.59. The lowest BCUT2D eigenvalue weighted by molar-refractivity contribution is -0.137. The lowest BCUT2D eigenvalue weighted by Crippen LogP contribution is -2.14. The standard InChI is InChI=1S/C21H17ClF3N3O2/c22-18-6-5-14(11-17(18)21(23,24)25)28-20(29)7-4-13-2-1-3-15(10-13)30-16-8-9-27-19(26)12-16/h1-3,5-6,8-12H,4,7H2,(H2,26,27)(H,28,29). The number of anilines is 2. The molecular weight excluding hydrogens is 419 g/mol. The van der Waals surface area contributed by atoms with E-state index in [0.717, 1.165) is 17.7 Å². The van der Waals surface area contributed by atoms with Gasteiger partial charge in [0.1, 0.15) is 17.3 Å². The van der Waals surface area contributed by atoms with E-state index in [1.807, 2.05) is 6.07 Å². The molecule has 30 heavy (non-hydrogen) atoms. The van der Waals surface area contributed by atoms with E-state index in [1.54, 1.807) is 30.3 Å². The molecule has 0 spiro atoms. The van der Waals surface area contributed by atoms with Gasteiger partial charge in [0, 0.05) is 24.4 Å². The number of benzene rings is 2. The van der Waals surface area contributed by atoms with Gasteiger partial charge in [-0.3, -0.25) is 4.79 Å². The molecule has 0 fully saturated rings. The molecule has 1 aromatic heterocycles. The summed E-state index contributed by atoms with van der Waals surface area (Å²) in [6.07, 6.45) is -2.62. The minimum atomic E-state index is -4.60. The van der Waals surface area contributed by atoms with Crippen molar-refractivity contribution >= 4 is 29.0 Å². The van der Waals surface area contributed by atoms with Gasteiger partial charge in [-0.1, -0.05) is 23.7 Å². The Kier molecular flexibility index (Phi) is 6.47. The van der Waals surface area contributed by atoms with E-state index in [0.29, 0.717) is 23.7 Å². The maximum atomic E-state index is 12.9. The van der Waals surface area contributed by atoms with E-state index in [4.69, 9.17) is 22.1 Å². The summed E-state index contributed by atoms with van der Waals surface area (Å²) < 4.78 is 44.5. The first-order valence-electron chi connectivity index (χ1n) is 8.85. The number of pyridine rings is 1. The number of nitrogens with zero attached hydrogens (tertiary/aromatic N) is 1. The highest BCUT2D eigenvalue weighted by Crippen LogP contribution is 2.36. The van der Waals surface area contributed by atoms with Crippen LogP contribution in [-0.2, 0) is 17.4 Å². The number of rotatable bonds is 6. The van der Waals surface area contributed by atoms with Gasteiger partial charge in [0.15, 0.2) is 0 Å². The lowest BCUT2D eigenvalue weighted by Gasteiger charge is -2.12. The molecule has 1 heterocycles. The van der Waals surface area contributed by atoms with Crippen molar-refractivity contribution in [3.63, 3.8) is 0 Å². The molecule has 0 saturated carbocycles. The molecular formula is C21H17ClF3N3O2. The minimum Gasteiger partial charge on any atom is -0.457 e. The first kappa shape index (κ1) is 21.4. The average Bonchev–Trinajstić information content (AvgIpc) is 2.67. The molecule has 0 aliphatic heterocycles. The van der Waals surface area contributed by atoms with Crippen molar-refractivity contribution < 1.29 is 22.7 Å². The van der Waals surface area contributed by atoms with Crippen LogP contribution in [0.15, 0.2) is 60.8 Å². The highest BCUT2D eigenvalue weighted by molar-refractivity contribution is 6.31. The van der Waals surface area contributed by atoms with Gasteiger partial charge in [-0.15, -0.1) is 0 Å². The highest BCUT2D eigenvalue weighted by Gasteiger charge is 2.33. The fourth-order valence-electron chi connectivity index (χ4n) is 2.69. The van der Waals surface area contributed by atoms with Crippen molar-refractivity contribution in [3.8, 4) is 11.5 Å². The zero-order valence-electron chi connectivity index (χ0n) is 15.5. The van der Waals surface area contributed by atoms with Crippen LogP contribution in [0.25, 0.3) is 0 Å². The van der Waals surface area contributed by atoms with Gasteiger partial charge in [-0.25, -0.2) is 4.98 Å². The third kappa shape index (κ3) is 5.87. The number of carbonyl (C=O) groups is 1. The number of alkyl halides is 3. The minimum absolute atomic E-state index is 0.0316. The number of aryl methyl sites for hydroxylation is 1. The van der Waals surface area contributed by atoms with Crippen molar-refractivity contribution in [2.45, 2.75) is 19.0 Å². The molecule has 3 rings (SSSR count). The normalized spacial score (nSPS) is 11.2. The quantitative estimate of drug-likeness (QED) is 0.520. The SMILES string of the molecule is Nc1cc(Oc2cccc(CCC(=O)Nc3ccc(Cl)c(C(F)(F)F)c3)c2)ccn1. The van der Waals surface area contributed by atoms with Crippen molar-refractivity contribution in [2.75, 3.05) is 11.1 Å². The van der Waals surface area contributed by atoms with E-state index in [1.165, 1.54) is 12.3 Å². The highest BCUT2D eigenvalue weighted by atomic mass is 35.5. The maximum Gasteiger partial charge on any atom is 0.417 e. The molecule has 2 aromatic carbocycles. The van der Waals surface area contributed by atoms with Crippen LogP contribution < -0.4 is 15.8 Å². The van der Waals surface area contributed by atoms with Crippen LogP contribution in [0.2, 0.25) is 5.02 Å². The van der Waals surface area contributed by atoms with Crippen LogP contribution in [0.3, 0.4) is 0 Å². The molecule has 0 radical (unpaired) electrons. The Balaban J connectivity index is 1.60. The number of nitrogens with two attached hydrogens (primary N) is 1. The zero-order chi connectivity index (χ0) is 21.7. The van der Waals surface area contributed by atoms with E-state index in [2.05, 4.69) is 10.3 Å². The van der Waals surface area contributed by atoms with Crippen molar-refractivity contribution in [1.82, 2.24) is 4.98 Å². The predicted octanol–water partition coefficient (Wildman–Crippen LogP) is 5.70. The Morgan fingerprint density at radius 3 is 2.60 bits per heavy atom. The van der Waals surface area contributed by atoms with Crippen LogP contribution >= 0.6 is 11.6 Å². The van der Waals surface area contributed by atoms with Crippen LogP contribution in [0.1, 0.15) is 17.5 Å². The Hall–Kier alpha value is -3.26. The van der Waals surface area contributed by atoms with Crippen molar-refractivity contribution in [2.24, 2.45) is 0 Å². The van der Waals surface area contributed by atoms with Crippen molar-refractivity contribution in [1.29, 1.82) is 0 Å². The van der Waals surface area contributed by atoms with Crippen LogP contribution in [-0.4, -0.2) is 10.9 Å². The Bertz CT molecular complexity index is 1060. The largest absolute Gasteiger partial charge is 0.457 e. The third-order valence-electron chi connectivity index (χ3n) is 4.08. The molecule has 156 valence electrons. The number of carbonyl (C=O) groups excluding carboxylic acids is 1. The van der Waals surface area contributed by atoms with Gasteiger partial charge in [0.05, 0.1) is 10.6 Å². The van der Waals surface area contributed by atoms with Crippen LogP contribution in [0.4, 0.5) is 24.7 Å². The van der Waals surface area contributed by atoms with Crippen LogP contribution in [0, 0.1) is 0 Å². The number of nitrogen functional groups attached to an aromatic ring is 1. The maximum absolute atomic E-state index is 12.9. The average molecular weight is 436 g/mol. The summed E-state index contributed by atoms with van der Waals surface area (Å²) in [6, 6.07) is 13.6. The number of amides is 1. The third-order valence-corrected chi connectivity index (χ3v) is 4.41. The monoisotopic (exact) mass is 435 g/mol. The Morgan fingerprint density at radius 2 is 1.87 bits per heavy atom. The lowest BCUT2D eigenvalue weighted by atomic mass is 10.1. The number of hydrogen-bond acceptors (Lipinski definition) is 4. The number of ether oxygens (including phenoxy) is 1. The molecule has 3 aromatic rings. The Morgan fingerprint density at radius 1 is 1.10 bits per heavy atom. The van der Waals surface area contributed by atoms with E-state index in [-0.39, 0.29) is 12.1 Å². The molecule has 0 aliphatic rings. The zero-order valence-corrected chi connectivity index (χ0v) is 16.3. The number of nitrogens with one attached hydrogen (secondary N) is 1. The van der Waals surface area contributed by atoms with Gasteiger partial charge < -0.3 is 15.8 Å². The summed E-state index contributed by atoms with van der Waals surface area (Å²) in [5, 5.41) is 2.04. The number of halogens is 4. The fourth-order valence-corrected chi connectivity index (χ4v) is 2.92. The van der Waals surface area contributed by atoms with Gasteiger partial charge >= 0.3 is 6.18 Å². The summed E-state index contributed by atoms with van der Waals surface area (Å²) in [5.74, 6) is 1.00. The van der Waals surface area contributed by atoms with E-state index >= 15 is 0 Å². The van der Waals surface area contributed by atoms with Crippen molar-refractivity contribution in [3.05, 3.63) is 76.9 Å². The van der Waals surface area contributed by atoms with Gasteiger partial charge in [0.2, 0.25) is 5.91 Å². The molecule has 5 nitrogen and oxygen atoms in total. The predicted molar refractivity (Wildman–Crippen MR) is 109 cm³/mol. The Labute approximate surface area is 175 Å². The van der Waals surface area contributed by atoms with Crippen LogP contribution in [0.5, 0.6) is 11.5 Å². The fraction of sp³-hybridized carbons (Fsp3) is 0.143. The van der Waals surface area contributed by atoms with Gasteiger partial charge in [-0.2, -0.15) is 13.2 Å². The summed E-state index contributed by atoms with van der Waals surface area (Å²) in [4.78, 5) is 16.1. The first-order valence-corrected chi connectivity index (χ1v) is 9.23. The summed E-state index contributed by atoms with van der Waals surface area (Å²) in [5.41, 5.74) is 5.49. The molecule has 0 unspecified atom stereocenters. The molecule has 1 amide bonds. The molecule has 0 atom stereocenters. The second kappa shape index (κ2) is 9.04. The number of aromatic nitrogens is 1. The van der Waals surface area contributed by atoms with Gasteiger partial charge in [-0.05, 0) is 48.4 Å². The van der Waals surface area contributed by atoms with E-state index < -0.39 is 22.7 Å². The second-order valence-corrected chi connectivity index (χ2v) is 6.81. The van der Waals surface area contributed by atoms with E-state index in [9.17, 15) is 18.0 Å². The topological polar surface area (TPSA) is 77.2 Å². The molecule has 0 bridgehead atoms.